The zero-order valence-corrected chi connectivity index (χ0v) is 20.7. The van der Waals surface area contributed by atoms with Gasteiger partial charge in [0.1, 0.15) is 6.04 Å². The van der Waals surface area contributed by atoms with Crippen LogP contribution in [-0.4, -0.2) is 96.5 Å². The van der Waals surface area contributed by atoms with Gasteiger partial charge in [-0.25, -0.2) is 13.4 Å². The highest BCUT2D eigenvalue weighted by Crippen LogP contribution is 2.34. The summed E-state index contributed by atoms with van der Waals surface area (Å²) < 4.78 is 27.3. The number of pyridine rings is 1. The van der Waals surface area contributed by atoms with Crippen LogP contribution in [0.15, 0.2) is 59.8 Å². The molecule has 0 aliphatic carbocycles. The Morgan fingerprint density at radius 1 is 0.889 bits per heavy atom. The second kappa shape index (κ2) is 9.98. The van der Waals surface area contributed by atoms with Crippen LogP contribution in [0.3, 0.4) is 0 Å². The Bertz CT molecular complexity index is 1230. The molecule has 0 bridgehead atoms. The lowest BCUT2D eigenvalue weighted by atomic mass is 10.1. The summed E-state index contributed by atoms with van der Waals surface area (Å²) in [5, 5.41) is -0.110. The molecule has 36 heavy (non-hydrogen) atoms. The number of ketones is 1. The van der Waals surface area contributed by atoms with Crippen LogP contribution in [0, 0.1) is 0 Å². The van der Waals surface area contributed by atoms with E-state index in [0.717, 1.165) is 18.8 Å². The topological polar surface area (TPSA) is 111 Å². The van der Waals surface area contributed by atoms with Gasteiger partial charge in [0.2, 0.25) is 11.8 Å². The third-order valence-electron chi connectivity index (χ3n) is 7.22. The summed E-state index contributed by atoms with van der Waals surface area (Å²) in [5.41, 5.74) is 1.13. The van der Waals surface area contributed by atoms with E-state index >= 15 is 0 Å². The average Bonchev–Trinajstić information content (AvgIpc) is 3.50. The number of para-hydroxylation sites is 1. The molecule has 3 aliphatic heterocycles. The molecule has 0 spiro atoms. The standard InChI is InChI=1S/C25H29N5O5S/c31-21-18-30(36(34,35)22-8-4-5-12-26-22)20-11-13-29(25(20)21)24(33)10-9-23(32)28-16-14-27(15-17-28)19-6-2-1-3-7-19/h1-8,12,20,25H,9-11,13-18H2. The molecule has 2 atom stereocenters. The molecule has 2 unspecified atom stereocenters. The van der Waals surface area contributed by atoms with Gasteiger partial charge < -0.3 is 14.7 Å². The summed E-state index contributed by atoms with van der Waals surface area (Å²) in [5.74, 6) is -0.665. The molecule has 1 aromatic heterocycles. The van der Waals surface area contributed by atoms with Crippen LogP contribution in [0.2, 0.25) is 0 Å². The highest BCUT2D eigenvalue weighted by Gasteiger charge is 2.53. The van der Waals surface area contributed by atoms with E-state index in [2.05, 4.69) is 9.88 Å². The minimum absolute atomic E-state index is 0.00121. The molecule has 5 rings (SSSR count). The number of amides is 2. The van der Waals surface area contributed by atoms with Crippen molar-refractivity contribution in [2.24, 2.45) is 0 Å². The van der Waals surface area contributed by atoms with Crippen molar-refractivity contribution in [1.29, 1.82) is 0 Å². The first kappa shape index (κ1) is 24.4. The number of rotatable bonds is 6. The second-order valence-electron chi connectivity index (χ2n) is 9.28. The Hall–Kier alpha value is -3.31. The molecular formula is C25H29N5O5S. The first-order valence-electron chi connectivity index (χ1n) is 12.2. The van der Waals surface area contributed by atoms with Gasteiger partial charge in [-0.05, 0) is 30.7 Å². The first-order valence-corrected chi connectivity index (χ1v) is 13.6. The molecule has 0 N–H and O–H groups in total. The van der Waals surface area contributed by atoms with E-state index in [0.29, 0.717) is 19.5 Å². The molecule has 3 aliphatic rings. The van der Waals surface area contributed by atoms with E-state index in [-0.39, 0.29) is 48.6 Å². The summed E-state index contributed by atoms with van der Waals surface area (Å²) in [6.45, 7) is 2.66. The third kappa shape index (κ3) is 4.60. The number of fused-ring (bicyclic) bond motifs is 1. The van der Waals surface area contributed by atoms with Gasteiger partial charge in [-0.3, -0.25) is 14.4 Å². The number of Topliss-reactive ketones (excluding diaryl/α,β-unsaturated/α-hetero) is 1. The number of hydrogen-bond acceptors (Lipinski definition) is 7. The molecule has 2 aromatic rings. The van der Waals surface area contributed by atoms with Crippen molar-refractivity contribution in [3.63, 3.8) is 0 Å². The molecule has 3 fully saturated rings. The SMILES string of the molecule is O=C1CN(S(=O)(=O)c2ccccn2)C2CCN(C(=O)CCC(=O)N3CCN(c4ccccc4)CC3)C12. The van der Waals surface area contributed by atoms with Gasteiger partial charge in [0.05, 0.1) is 12.6 Å². The van der Waals surface area contributed by atoms with Gasteiger partial charge in [-0.1, -0.05) is 24.3 Å². The predicted octanol–water partition coefficient (Wildman–Crippen LogP) is 0.754. The number of likely N-dealkylation sites (tertiary alicyclic amines) is 1. The van der Waals surface area contributed by atoms with Crippen LogP contribution in [0.25, 0.3) is 0 Å². The lowest BCUT2D eigenvalue weighted by Gasteiger charge is -2.36. The summed E-state index contributed by atoms with van der Waals surface area (Å²) in [6.07, 6.45) is 1.85. The van der Waals surface area contributed by atoms with Crippen LogP contribution in [0.1, 0.15) is 19.3 Å². The Morgan fingerprint density at radius 3 is 2.28 bits per heavy atom. The number of nitrogens with zero attached hydrogens (tertiary/aromatic N) is 5. The maximum atomic E-state index is 13.1. The van der Waals surface area contributed by atoms with Crippen LogP contribution in [0.5, 0.6) is 0 Å². The van der Waals surface area contributed by atoms with E-state index in [1.807, 2.05) is 30.3 Å². The molecule has 10 nitrogen and oxygen atoms in total. The minimum Gasteiger partial charge on any atom is -0.368 e. The maximum absolute atomic E-state index is 13.1. The number of hydrogen-bond donors (Lipinski definition) is 0. The van der Waals surface area contributed by atoms with Crippen LogP contribution in [0.4, 0.5) is 5.69 Å². The number of sulfonamides is 1. The average molecular weight is 512 g/mol. The fraction of sp³-hybridized carbons (Fsp3) is 0.440. The molecule has 3 saturated heterocycles. The van der Waals surface area contributed by atoms with E-state index in [1.54, 1.807) is 17.0 Å². The number of anilines is 1. The van der Waals surface area contributed by atoms with Crippen molar-refractivity contribution in [3.05, 3.63) is 54.7 Å². The van der Waals surface area contributed by atoms with Crippen molar-refractivity contribution in [2.45, 2.75) is 36.4 Å². The van der Waals surface area contributed by atoms with E-state index in [1.165, 1.54) is 21.5 Å². The summed E-state index contributed by atoms with van der Waals surface area (Å²) >= 11 is 0. The van der Waals surface area contributed by atoms with Gasteiger partial charge in [0, 0.05) is 57.4 Å². The second-order valence-corrected chi connectivity index (χ2v) is 11.1. The highest BCUT2D eigenvalue weighted by molar-refractivity contribution is 7.89. The summed E-state index contributed by atoms with van der Waals surface area (Å²) in [4.78, 5) is 48.0. The van der Waals surface area contributed by atoms with Crippen LogP contribution >= 0.6 is 0 Å². The van der Waals surface area contributed by atoms with Crippen molar-refractivity contribution >= 4 is 33.3 Å². The van der Waals surface area contributed by atoms with E-state index < -0.39 is 22.1 Å². The Labute approximate surface area is 210 Å². The lowest BCUT2D eigenvalue weighted by Crippen LogP contribution is -2.49. The van der Waals surface area contributed by atoms with Crippen molar-refractivity contribution < 1.29 is 22.8 Å². The minimum atomic E-state index is -3.94. The smallest absolute Gasteiger partial charge is 0.261 e. The fourth-order valence-electron chi connectivity index (χ4n) is 5.36. The molecule has 1 aromatic carbocycles. The molecule has 4 heterocycles. The monoisotopic (exact) mass is 511 g/mol. The largest absolute Gasteiger partial charge is 0.368 e. The van der Waals surface area contributed by atoms with Crippen LogP contribution < -0.4 is 4.90 Å². The van der Waals surface area contributed by atoms with Gasteiger partial charge in [-0.15, -0.1) is 0 Å². The quantitative estimate of drug-likeness (QED) is 0.563. The van der Waals surface area contributed by atoms with E-state index in [4.69, 9.17) is 0 Å². The summed E-state index contributed by atoms with van der Waals surface area (Å²) in [7, 11) is -3.94. The predicted molar refractivity (Wildman–Crippen MR) is 132 cm³/mol. The molecule has 2 amide bonds. The van der Waals surface area contributed by atoms with E-state index in [9.17, 15) is 22.8 Å². The zero-order chi connectivity index (χ0) is 25.3. The fourth-order valence-corrected chi connectivity index (χ4v) is 6.92. The number of piperazine rings is 1. The van der Waals surface area contributed by atoms with Crippen molar-refractivity contribution in [2.75, 3.05) is 44.2 Å². The Kier molecular flexibility index (Phi) is 6.76. The first-order chi connectivity index (χ1) is 17.4. The number of benzene rings is 1. The van der Waals surface area contributed by atoms with Crippen molar-refractivity contribution in [1.82, 2.24) is 19.1 Å². The Morgan fingerprint density at radius 2 is 1.58 bits per heavy atom. The van der Waals surface area contributed by atoms with Gasteiger partial charge in [0.15, 0.2) is 10.8 Å². The molecule has 190 valence electrons. The van der Waals surface area contributed by atoms with Gasteiger partial charge in [-0.2, -0.15) is 4.31 Å². The molecular weight excluding hydrogens is 482 g/mol. The zero-order valence-electron chi connectivity index (χ0n) is 19.9. The number of carbonyl (C=O) groups excluding carboxylic acids is 3. The van der Waals surface area contributed by atoms with Crippen molar-refractivity contribution in [3.8, 4) is 0 Å². The number of aromatic nitrogens is 1. The van der Waals surface area contributed by atoms with Crippen LogP contribution in [-0.2, 0) is 24.4 Å². The third-order valence-corrected chi connectivity index (χ3v) is 9.00. The summed E-state index contributed by atoms with van der Waals surface area (Å²) in [6, 6.07) is 13.2. The molecule has 0 radical (unpaired) electrons. The highest BCUT2D eigenvalue weighted by atomic mass is 32.2. The van der Waals surface area contributed by atoms with Gasteiger partial charge in [0.25, 0.3) is 10.0 Å². The maximum Gasteiger partial charge on any atom is 0.261 e. The Balaban J connectivity index is 1.16. The lowest BCUT2D eigenvalue weighted by molar-refractivity contribution is -0.139. The molecule has 0 saturated carbocycles. The number of carbonyl (C=O) groups is 3. The normalized spacial score (nSPS) is 22.7. The van der Waals surface area contributed by atoms with Gasteiger partial charge >= 0.3 is 0 Å². The molecule has 11 heteroatoms.